The van der Waals surface area contributed by atoms with Crippen molar-refractivity contribution in [3.63, 3.8) is 0 Å². The van der Waals surface area contributed by atoms with E-state index in [4.69, 9.17) is 16.0 Å². The molecule has 18 heavy (non-hydrogen) atoms. The third-order valence-electron chi connectivity index (χ3n) is 2.49. The number of ether oxygens (including phenoxy) is 1. The van der Waals surface area contributed by atoms with Crippen LogP contribution in [0.4, 0.5) is 5.88 Å². The molecule has 0 unspecified atom stereocenters. The van der Waals surface area contributed by atoms with Crippen LogP contribution in [-0.2, 0) is 4.74 Å². The van der Waals surface area contributed by atoms with Crippen molar-refractivity contribution in [3.05, 3.63) is 40.9 Å². The quantitative estimate of drug-likeness (QED) is 0.864. The van der Waals surface area contributed by atoms with Crippen LogP contribution in [0, 0.1) is 0 Å². The number of halogens is 1. The number of furan rings is 1. The summed E-state index contributed by atoms with van der Waals surface area (Å²) < 4.78 is 10.2. The van der Waals surface area contributed by atoms with Gasteiger partial charge in [-0.1, -0.05) is 11.6 Å². The number of carbonyl (C=O) groups is 1. The van der Waals surface area contributed by atoms with Gasteiger partial charge in [-0.3, -0.25) is 0 Å². The highest BCUT2D eigenvalue weighted by molar-refractivity contribution is 6.30. The van der Waals surface area contributed by atoms with Gasteiger partial charge in [0.05, 0.1) is 7.11 Å². The van der Waals surface area contributed by atoms with Gasteiger partial charge in [0.2, 0.25) is 5.88 Å². The Hall–Kier alpha value is -1.94. The number of rotatable bonds is 3. The topological polar surface area (TPSA) is 51.5 Å². The van der Waals surface area contributed by atoms with E-state index in [0.29, 0.717) is 22.2 Å². The summed E-state index contributed by atoms with van der Waals surface area (Å²) in [6.45, 7) is 0. The molecule has 0 saturated heterocycles. The minimum absolute atomic E-state index is 0.366. The van der Waals surface area contributed by atoms with Crippen LogP contribution < -0.4 is 5.32 Å². The highest BCUT2D eigenvalue weighted by atomic mass is 35.5. The lowest BCUT2D eigenvalue weighted by atomic mass is 10.1. The van der Waals surface area contributed by atoms with Crippen LogP contribution in [0.2, 0.25) is 5.02 Å². The van der Waals surface area contributed by atoms with E-state index < -0.39 is 5.97 Å². The number of anilines is 1. The zero-order chi connectivity index (χ0) is 13.1. The fourth-order valence-corrected chi connectivity index (χ4v) is 1.72. The highest BCUT2D eigenvalue weighted by Gasteiger charge is 2.18. The van der Waals surface area contributed by atoms with Crippen molar-refractivity contribution in [1.29, 1.82) is 0 Å². The molecule has 0 atom stereocenters. The van der Waals surface area contributed by atoms with Crippen molar-refractivity contribution >= 4 is 23.5 Å². The van der Waals surface area contributed by atoms with Crippen molar-refractivity contribution in [1.82, 2.24) is 0 Å². The maximum atomic E-state index is 11.5. The molecule has 0 spiro atoms. The van der Waals surface area contributed by atoms with Gasteiger partial charge >= 0.3 is 5.97 Å². The third-order valence-corrected chi connectivity index (χ3v) is 2.75. The molecule has 94 valence electrons. The summed E-state index contributed by atoms with van der Waals surface area (Å²) in [4.78, 5) is 11.5. The van der Waals surface area contributed by atoms with Gasteiger partial charge in [-0.05, 0) is 24.3 Å². The van der Waals surface area contributed by atoms with Crippen molar-refractivity contribution in [2.24, 2.45) is 0 Å². The van der Waals surface area contributed by atoms with E-state index in [0.717, 1.165) is 5.56 Å². The van der Waals surface area contributed by atoms with Crippen molar-refractivity contribution < 1.29 is 13.9 Å². The van der Waals surface area contributed by atoms with E-state index in [1.165, 1.54) is 7.11 Å². The summed E-state index contributed by atoms with van der Waals surface area (Å²) in [5.41, 5.74) is 1.20. The van der Waals surface area contributed by atoms with Gasteiger partial charge in [0.15, 0.2) is 0 Å². The van der Waals surface area contributed by atoms with Crippen LogP contribution in [0.25, 0.3) is 11.3 Å². The Kier molecular flexibility index (Phi) is 3.58. The minimum Gasteiger partial charge on any atom is -0.465 e. The molecule has 0 amide bonds. The van der Waals surface area contributed by atoms with Crippen LogP contribution in [-0.4, -0.2) is 20.1 Å². The lowest BCUT2D eigenvalue weighted by molar-refractivity contribution is 0.0601. The predicted octanol–water partition coefficient (Wildman–Crippen LogP) is 3.43. The van der Waals surface area contributed by atoms with Gasteiger partial charge in [-0.2, -0.15) is 0 Å². The molecule has 0 bridgehead atoms. The third kappa shape index (κ3) is 2.33. The first kappa shape index (κ1) is 12.5. The molecule has 0 aliphatic carbocycles. The maximum Gasteiger partial charge on any atom is 0.343 e. The van der Waals surface area contributed by atoms with Gasteiger partial charge in [0.25, 0.3) is 0 Å². The molecular weight excluding hydrogens is 254 g/mol. The van der Waals surface area contributed by atoms with Crippen LogP contribution in [0.5, 0.6) is 0 Å². The molecule has 5 heteroatoms. The smallest absolute Gasteiger partial charge is 0.343 e. The summed E-state index contributed by atoms with van der Waals surface area (Å²) in [5, 5.41) is 3.46. The van der Waals surface area contributed by atoms with Crippen LogP contribution in [0.3, 0.4) is 0 Å². The minimum atomic E-state index is -0.441. The van der Waals surface area contributed by atoms with Crippen molar-refractivity contribution in [3.8, 4) is 11.3 Å². The molecule has 1 aromatic carbocycles. The van der Waals surface area contributed by atoms with Gasteiger partial charge in [0.1, 0.15) is 11.3 Å². The molecule has 0 saturated carbocycles. The van der Waals surface area contributed by atoms with Gasteiger partial charge in [-0.15, -0.1) is 0 Å². The summed E-state index contributed by atoms with van der Waals surface area (Å²) in [6, 6.07) is 8.80. The average molecular weight is 266 g/mol. The fourth-order valence-electron chi connectivity index (χ4n) is 1.59. The molecule has 0 aliphatic heterocycles. The second-order valence-corrected chi connectivity index (χ2v) is 4.04. The zero-order valence-corrected chi connectivity index (χ0v) is 10.7. The van der Waals surface area contributed by atoms with Gasteiger partial charge in [-0.25, -0.2) is 4.79 Å². The highest BCUT2D eigenvalue weighted by Crippen LogP contribution is 2.30. The molecule has 1 aromatic heterocycles. The van der Waals surface area contributed by atoms with Gasteiger partial charge in [0, 0.05) is 23.7 Å². The zero-order valence-electron chi connectivity index (χ0n) is 9.99. The summed E-state index contributed by atoms with van der Waals surface area (Å²) in [7, 11) is 3.01. The van der Waals surface area contributed by atoms with Crippen LogP contribution >= 0.6 is 11.6 Å². The van der Waals surface area contributed by atoms with E-state index in [1.807, 2.05) is 12.1 Å². The Bertz CT molecular complexity index is 560. The van der Waals surface area contributed by atoms with Gasteiger partial charge < -0.3 is 14.5 Å². The summed E-state index contributed by atoms with van der Waals surface area (Å²) in [5.74, 6) is 0.520. The number of carbonyl (C=O) groups excluding carboxylic acids is 1. The Balaban J connectivity index is 2.43. The lowest BCUT2D eigenvalue weighted by Crippen LogP contribution is -2.02. The summed E-state index contributed by atoms with van der Waals surface area (Å²) >= 11 is 5.82. The molecule has 0 fully saturated rings. The molecule has 1 heterocycles. The summed E-state index contributed by atoms with van der Waals surface area (Å²) in [6.07, 6.45) is 0. The van der Waals surface area contributed by atoms with E-state index in [2.05, 4.69) is 10.1 Å². The van der Waals surface area contributed by atoms with E-state index in [-0.39, 0.29) is 0 Å². The van der Waals surface area contributed by atoms with Crippen molar-refractivity contribution in [2.45, 2.75) is 0 Å². The molecule has 0 radical (unpaired) electrons. The number of methoxy groups -OCH3 is 1. The first-order valence-corrected chi connectivity index (χ1v) is 5.69. The first-order valence-electron chi connectivity index (χ1n) is 5.31. The van der Waals surface area contributed by atoms with Crippen LogP contribution in [0.1, 0.15) is 10.4 Å². The molecule has 1 N–H and O–H groups in total. The molecule has 0 aliphatic rings. The number of nitrogens with one attached hydrogen (secondary N) is 1. The van der Waals surface area contributed by atoms with Crippen molar-refractivity contribution in [2.75, 3.05) is 19.5 Å². The number of esters is 1. The maximum absolute atomic E-state index is 11.5. The number of benzene rings is 1. The first-order chi connectivity index (χ1) is 8.65. The standard InChI is InChI=1S/C13H12ClNO3/c1-15-12-10(13(16)17-2)7-11(18-12)8-3-5-9(14)6-4-8/h3-7,15H,1-2H3. The SMILES string of the molecule is CNc1oc(-c2ccc(Cl)cc2)cc1C(=O)OC. The molecule has 2 aromatic rings. The molecule has 4 nitrogen and oxygen atoms in total. The Morgan fingerprint density at radius 1 is 1.33 bits per heavy atom. The Morgan fingerprint density at radius 2 is 2.00 bits per heavy atom. The molecule has 2 rings (SSSR count). The van der Waals surface area contributed by atoms with Crippen LogP contribution in [0.15, 0.2) is 34.7 Å². The Labute approximate surface area is 110 Å². The number of hydrogen-bond donors (Lipinski definition) is 1. The van der Waals surface area contributed by atoms with E-state index in [1.54, 1.807) is 25.2 Å². The second kappa shape index (κ2) is 5.14. The van der Waals surface area contributed by atoms with E-state index >= 15 is 0 Å². The predicted molar refractivity (Wildman–Crippen MR) is 70.0 cm³/mol. The fraction of sp³-hybridized carbons (Fsp3) is 0.154. The molecular formula is C13H12ClNO3. The second-order valence-electron chi connectivity index (χ2n) is 3.60. The monoisotopic (exact) mass is 265 g/mol. The lowest BCUT2D eigenvalue weighted by Gasteiger charge is -1.98. The average Bonchev–Trinajstić information content (AvgIpc) is 2.82. The van der Waals surface area contributed by atoms with E-state index in [9.17, 15) is 4.79 Å². The normalized spacial score (nSPS) is 10.2. The largest absolute Gasteiger partial charge is 0.465 e. The number of hydrogen-bond acceptors (Lipinski definition) is 4. The Morgan fingerprint density at radius 3 is 2.56 bits per heavy atom.